The van der Waals surface area contributed by atoms with Gasteiger partial charge in [-0.25, -0.2) is 0 Å². The standard InChI is InChI=1S/C32H53N5O6/c1-7-13-22(26(39)30(42)33-6)34-29(41)25-21-17-12-16-20(21)18-37(25)31(43)27(32(3,4)5)36-28(40)24(35-23(38)8-2)19-14-10-9-11-15-19/h19-22,24-25,27H,7-18H2,1-6H3,(H,33,42)(H,34,41)(H,35,38)(H,36,40)/t20-,21-,22-,24-,25-,27+/m0/s1. The molecule has 242 valence electrons. The van der Waals surface area contributed by atoms with Crippen molar-refractivity contribution in [1.29, 1.82) is 0 Å². The summed E-state index contributed by atoms with van der Waals surface area (Å²) in [5.74, 6) is -2.75. The first kappa shape index (κ1) is 34.5. The smallest absolute Gasteiger partial charge is 0.289 e. The number of hydrogen-bond donors (Lipinski definition) is 4. The molecule has 1 heterocycles. The van der Waals surface area contributed by atoms with Gasteiger partial charge in [-0.1, -0.05) is 66.7 Å². The van der Waals surface area contributed by atoms with Gasteiger partial charge in [0, 0.05) is 20.0 Å². The SMILES string of the molecule is CCC[C@H](NC(=O)[C@@H]1[C@H]2CCC[C@H]2CN1C(=O)[C@@H](NC(=O)[C@@H](NC(=O)CC)C1CCCCC1)C(C)(C)C)C(=O)C(=O)NC. The molecule has 1 saturated heterocycles. The predicted octanol–water partition coefficient (Wildman–Crippen LogP) is 2.22. The van der Waals surface area contributed by atoms with E-state index in [1.807, 2.05) is 27.7 Å². The second kappa shape index (κ2) is 15.1. The van der Waals surface area contributed by atoms with Crippen molar-refractivity contribution in [3.8, 4) is 0 Å². The lowest BCUT2D eigenvalue weighted by Crippen LogP contribution is -2.62. The number of likely N-dealkylation sites (N-methyl/N-ethyl adjacent to an activating group) is 1. The summed E-state index contributed by atoms with van der Waals surface area (Å²) in [6.45, 7) is 9.64. The van der Waals surface area contributed by atoms with Crippen LogP contribution in [0.25, 0.3) is 0 Å². The highest BCUT2D eigenvalue weighted by atomic mass is 16.2. The van der Waals surface area contributed by atoms with E-state index in [4.69, 9.17) is 0 Å². The molecule has 3 rings (SSSR count). The van der Waals surface area contributed by atoms with Gasteiger partial charge in [0.25, 0.3) is 5.91 Å². The third-order valence-corrected chi connectivity index (χ3v) is 9.54. The van der Waals surface area contributed by atoms with Crippen LogP contribution in [0.3, 0.4) is 0 Å². The summed E-state index contributed by atoms with van der Waals surface area (Å²) in [5, 5.41) is 11.1. The fourth-order valence-electron chi connectivity index (χ4n) is 7.15. The summed E-state index contributed by atoms with van der Waals surface area (Å²) >= 11 is 0. The molecule has 5 amide bonds. The Morgan fingerprint density at radius 1 is 0.860 bits per heavy atom. The molecule has 1 aliphatic heterocycles. The van der Waals surface area contributed by atoms with Crippen LogP contribution >= 0.6 is 0 Å². The maximum atomic E-state index is 14.4. The van der Waals surface area contributed by atoms with Crippen molar-refractivity contribution in [2.75, 3.05) is 13.6 Å². The van der Waals surface area contributed by atoms with Crippen LogP contribution in [0.5, 0.6) is 0 Å². The Kier molecular flexibility index (Phi) is 12.2. The van der Waals surface area contributed by atoms with E-state index in [1.165, 1.54) is 7.05 Å². The Balaban J connectivity index is 1.87. The predicted molar refractivity (Wildman–Crippen MR) is 162 cm³/mol. The molecule has 0 bridgehead atoms. The van der Waals surface area contributed by atoms with Crippen molar-refractivity contribution in [2.45, 2.75) is 129 Å². The van der Waals surface area contributed by atoms with Crippen LogP contribution in [-0.2, 0) is 28.8 Å². The Bertz CT molecular complexity index is 1050. The lowest BCUT2D eigenvalue weighted by Gasteiger charge is -2.38. The number of carbonyl (C=O) groups is 6. The van der Waals surface area contributed by atoms with Gasteiger partial charge in [-0.3, -0.25) is 28.8 Å². The number of Topliss-reactive ketones (excluding diaryl/α,β-unsaturated/α-hetero) is 1. The van der Waals surface area contributed by atoms with E-state index in [0.29, 0.717) is 19.4 Å². The molecular formula is C32H53N5O6. The van der Waals surface area contributed by atoms with Crippen molar-refractivity contribution < 1.29 is 28.8 Å². The molecule has 2 aliphatic carbocycles. The average Bonchev–Trinajstić information content (AvgIpc) is 3.58. The van der Waals surface area contributed by atoms with E-state index < -0.39 is 47.2 Å². The van der Waals surface area contributed by atoms with Crippen LogP contribution in [0, 0.1) is 23.2 Å². The number of amides is 5. The van der Waals surface area contributed by atoms with E-state index >= 15 is 0 Å². The first-order valence-corrected chi connectivity index (χ1v) is 16.3. The van der Waals surface area contributed by atoms with E-state index in [0.717, 1.165) is 51.4 Å². The molecule has 3 fully saturated rings. The molecular weight excluding hydrogens is 550 g/mol. The van der Waals surface area contributed by atoms with Crippen molar-refractivity contribution in [3.63, 3.8) is 0 Å². The summed E-state index contributed by atoms with van der Waals surface area (Å²) in [7, 11) is 1.37. The zero-order valence-corrected chi connectivity index (χ0v) is 26.9. The minimum absolute atomic E-state index is 0.00185. The maximum absolute atomic E-state index is 14.4. The van der Waals surface area contributed by atoms with Gasteiger partial charge >= 0.3 is 0 Å². The highest BCUT2D eigenvalue weighted by molar-refractivity contribution is 6.38. The van der Waals surface area contributed by atoms with Gasteiger partial charge in [-0.2, -0.15) is 0 Å². The number of carbonyl (C=O) groups excluding carboxylic acids is 6. The number of nitrogens with one attached hydrogen (secondary N) is 4. The van der Waals surface area contributed by atoms with Crippen molar-refractivity contribution in [2.24, 2.45) is 23.2 Å². The molecule has 0 radical (unpaired) electrons. The molecule has 4 N–H and O–H groups in total. The Labute approximate surface area is 256 Å². The lowest BCUT2D eigenvalue weighted by molar-refractivity contribution is -0.146. The topological polar surface area (TPSA) is 154 Å². The van der Waals surface area contributed by atoms with E-state index in [2.05, 4.69) is 21.3 Å². The number of nitrogens with zero attached hydrogens (tertiary/aromatic N) is 1. The first-order chi connectivity index (χ1) is 20.3. The number of hydrogen-bond acceptors (Lipinski definition) is 6. The minimum Gasteiger partial charge on any atom is -0.353 e. The highest BCUT2D eigenvalue weighted by Crippen LogP contribution is 2.43. The maximum Gasteiger partial charge on any atom is 0.289 e. The summed E-state index contributed by atoms with van der Waals surface area (Å²) in [5.41, 5.74) is -0.683. The van der Waals surface area contributed by atoms with Gasteiger partial charge in [0.15, 0.2) is 0 Å². The summed E-state index contributed by atoms with van der Waals surface area (Å²) in [4.78, 5) is 80.8. The monoisotopic (exact) mass is 603 g/mol. The first-order valence-electron chi connectivity index (χ1n) is 16.3. The van der Waals surface area contributed by atoms with Gasteiger partial charge in [0.2, 0.25) is 29.4 Å². The van der Waals surface area contributed by atoms with Crippen LogP contribution in [0.15, 0.2) is 0 Å². The van der Waals surface area contributed by atoms with Gasteiger partial charge in [-0.15, -0.1) is 0 Å². The highest BCUT2D eigenvalue weighted by Gasteiger charge is 2.52. The Morgan fingerprint density at radius 3 is 2.12 bits per heavy atom. The zero-order valence-electron chi connectivity index (χ0n) is 26.9. The average molecular weight is 604 g/mol. The molecule has 3 aliphatic rings. The van der Waals surface area contributed by atoms with Gasteiger partial charge < -0.3 is 26.2 Å². The molecule has 0 spiro atoms. The van der Waals surface area contributed by atoms with Crippen molar-refractivity contribution >= 4 is 35.3 Å². The van der Waals surface area contributed by atoms with Crippen LogP contribution in [-0.4, -0.2) is 78.0 Å². The number of likely N-dealkylation sites (tertiary alicyclic amines) is 1. The number of rotatable bonds is 12. The molecule has 11 heteroatoms. The van der Waals surface area contributed by atoms with E-state index in [9.17, 15) is 28.8 Å². The summed E-state index contributed by atoms with van der Waals surface area (Å²) < 4.78 is 0. The van der Waals surface area contributed by atoms with Gasteiger partial charge in [0.05, 0.1) is 6.04 Å². The zero-order chi connectivity index (χ0) is 31.9. The molecule has 6 atom stereocenters. The largest absolute Gasteiger partial charge is 0.353 e. The molecule has 0 aromatic rings. The van der Waals surface area contributed by atoms with Crippen molar-refractivity contribution in [1.82, 2.24) is 26.2 Å². The molecule has 11 nitrogen and oxygen atoms in total. The minimum atomic E-state index is -0.980. The fourth-order valence-corrected chi connectivity index (χ4v) is 7.15. The van der Waals surface area contributed by atoms with E-state index in [1.54, 1.807) is 11.8 Å². The van der Waals surface area contributed by atoms with Gasteiger partial charge in [-0.05, 0) is 55.3 Å². The van der Waals surface area contributed by atoms with Gasteiger partial charge in [0.1, 0.15) is 18.1 Å². The molecule has 2 saturated carbocycles. The second-order valence-electron chi connectivity index (χ2n) is 13.7. The number of ketones is 1. The fraction of sp³-hybridized carbons (Fsp3) is 0.812. The number of fused-ring (bicyclic) bond motifs is 1. The molecule has 43 heavy (non-hydrogen) atoms. The summed E-state index contributed by atoms with van der Waals surface area (Å²) in [6.07, 6.45) is 8.54. The Morgan fingerprint density at radius 2 is 1.53 bits per heavy atom. The molecule has 0 aromatic carbocycles. The van der Waals surface area contributed by atoms with Crippen molar-refractivity contribution in [3.05, 3.63) is 0 Å². The third kappa shape index (κ3) is 8.35. The van der Waals surface area contributed by atoms with Crippen LogP contribution in [0.2, 0.25) is 0 Å². The lowest BCUT2D eigenvalue weighted by atomic mass is 9.82. The van der Waals surface area contributed by atoms with Crippen LogP contribution in [0.4, 0.5) is 0 Å². The van der Waals surface area contributed by atoms with Crippen LogP contribution in [0.1, 0.15) is 105 Å². The second-order valence-corrected chi connectivity index (χ2v) is 13.7. The molecule has 0 unspecified atom stereocenters. The quantitative estimate of drug-likeness (QED) is 0.251. The van der Waals surface area contributed by atoms with Crippen LogP contribution < -0.4 is 21.3 Å². The summed E-state index contributed by atoms with van der Waals surface area (Å²) in [6, 6.07) is -3.44. The normalized spacial score (nSPS) is 24.3. The Hall–Kier alpha value is -2.98. The van der Waals surface area contributed by atoms with E-state index in [-0.39, 0.29) is 41.9 Å². The molecule has 0 aromatic heterocycles. The third-order valence-electron chi connectivity index (χ3n) is 9.54.